The zero-order valence-electron chi connectivity index (χ0n) is 18.6. The molecule has 9 nitrogen and oxygen atoms in total. The van der Waals surface area contributed by atoms with E-state index >= 15 is 0 Å². The predicted octanol–water partition coefficient (Wildman–Crippen LogP) is 2.38. The molecule has 2 aliphatic heterocycles. The molecule has 4 rings (SSSR count). The molecule has 2 aliphatic rings. The molecular weight excluding hydrogens is 408 g/mol. The molecule has 2 saturated heterocycles. The van der Waals surface area contributed by atoms with E-state index in [1.807, 2.05) is 23.1 Å². The van der Waals surface area contributed by atoms with Gasteiger partial charge in [0.15, 0.2) is 6.39 Å². The molecule has 172 valence electrons. The Morgan fingerprint density at radius 1 is 1.28 bits per heavy atom. The van der Waals surface area contributed by atoms with Crippen LogP contribution in [0.25, 0.3) is 0 Å². The van der Waals surface area contributed by atoms with Gasteiger partial charge < -0.3 is 19.8 Å². The first-order chi connectivity index (χ1) is 15.5. The Labute approximate surface area is 188 Å². The van der Waals surface area contributed by atoms with Gasteiger partial charge in [-0.1, -0.05) is 12.1 Å². The number of urea groups is 1. The average molecular weight is 441 g/mol. The topological polar surface area (TPSA) is 112 Å². The first-order valence-corrected chi connectivity index (χ1v) is 11.1. The van der Waals surface area contributed by atoms with E-state index in [0.29, 0.717) is 31.2 Å². The Balaban J connectivity index is 1.40. The molecule has 0 aliphatic carbocycles. The number of hydrogen-bond donors (Lipinski definition) is 2. The number of nitrogens with one attached hydrogen (secondary N) is 1. The number of nitrogens with zero attached hydrogens (tertiary/aromatic N) is 4. The maximum Gasteiger partial charge on any atom is 0.324 e. The molecular formula is C23H32N6O3. The maximum absolute atomic E-state index is 13.4. The van der Waals surface area contributed by atoms with Crippen LogP contribution >= 0.6 is 0 Å². The van der Waals surface area contributed by atoms with E-state index in [1.54, 1.807) is 24.3 Å². The number of carbonyl (C=O) groups is 1. The number of oxazole rings is 1. The van der Waals surface area contributed by atoms with Gasteiger partial charge in [0.25, 0.3) is 0 Å². The van der Waals surface area contributed by atoms with Crippen molar-refractivity contribution in [1.29, 1.82) is 5.41 Å². The van der Waals surface area contributed by atoms with Crippen molar-refractivity contribution in [1.82, 2.24) is 14.8 Å². The van der Waals surface area contributed by atoms with Gasteiger partial charge in [0.05, 0.1) is 19.3 Å². The number of amidine groups is 1. The Bertz CT molecular complexity index is 910. The average Bonchev–Trinajstić information content (AvgIpc) is 3.30. The summed E-state index contributed by atoms with van der Waals surface area (Å²) in [5.41, 5.74) is 7.06. The minimum atomic E-state index is -0.00121. The monoisotopic (exact) mass is 440 g/mol. The van der Waals surface area contributed by atoms with Crippen LogP contribution in [0.15, 0.2) is 41.3 Å². The van der Waals surface area contributed by atoms with Crippen molar-refractivity contribution in [3.8, 4) is 0 Å². The molecule has 0 radical (unpaired) electrons. The molecule has 32 heavy (non-hydrogen) atoms. The molecule has 2 amide bonds. The molecule has 1 unspecified atom stereocenters. The first kappa shape index (κ1) is 22.3. The molecule has 0 saturated carbocycles. The second kappa shape index (κ2) is 10.1. The van der Waals surface area contributed by atoms with Crippen LogP contribution < -0.4 is 10.6 Å². The summed E-state index contributed by atoms with van der Waals surface area (Å²) < 4.78 is 10.8. The third-order valence-electron chi connectivity index (χ3n) is 6.34. The second-order valence-corrected chi connectivity index (χ2v) is 8.77. The first-order valence-electron chi connectivity index (χ1n) is 11.1. The minimum Gasteiger partial charge on any atom is -0.447 e. The molecule has 0 spiro atoms. The molecule has 1 aromatic heterocycles. The van der Waals surface area contributed by atoms with Gasteiger partial charge in [-0.2, -0.15) is 0 Å². The number of hydrogen-bond acceptors (Lipinski definition) is 6. The van der Waals surface area contributed by atoms with Gasteiger partial charge in [-0.05, 0) is 44.0 Å². The molecule has 0 bridgehead atoms. The summed E-state index contributed by atoms with van der Waals surface area (Å²) in [6, 6.07) is 7.36. The Morgan fingerprint density at radius 2 is 2.09 bits per heavy atom. The molecule has 2 aromatic rings. The summed E-state index contributed by atoms with van der Waals surface area (Å²) in [6.45, 7) is 5.40. The molecule has 3 N–H and O–H groups in total. The van der Waals surface area contributed by atoms with Crippen molar-refractivity contribution in [3.05, 3.63) is 48.2 Å². The standard InChI is InChI=1S/C23H32N6O3/c1-31-15-18-12-28(11-17-5-7-27(8-6-17)14-21-10-26-16-32-21)23(30)29(13-18)20-4-2-3-19(9-20)22(24)25/h2-4,9-10,16-18H,5-8,11-15H2,1H3,(H3,24,25). The van der Waals surface area contributed by atoms with Crippen LogP contribution in [0.3, 0.4) is 0 Å². The molecule has 1 atom stereocenters. The Hall–Kier alpha value is -2.91. The number of methoxy groups -OCH3 is 1. The van der Waals surface area contributed by atoms with Gasteiger partial charge in [-0.15, -0.1) is 0 Å². The number of nitrogens with two attached hydrogens (primary N) is 1. The zero-order valence-corrected chi connectivity index (χ0v) is 18.6. The highest BCUT2D eigenvalue weighted by molar-refractivity contribution is 5.98. The highest BCUT2D eigenvalue weighted by Gasteiger charge is 2.34. The fourth-order valence-electron chi connectivity index (χ4n) is 4.68. The lowest BCUT2D eigenvalue weighted by Gasteiger charge is -2.42. The number of carbonyl (C=O) groups excluding carboxylic acids is 1. The largest absolute Gasteiger partial charge is 0.447 e. The fraction of sp³-hybridized carbons (Fsp3) is 0.522. The maximum atomic E-state index is 13.4. The summed E-state index contributed by atoms with van der Waals surface area (Å²) in [5, 5.41) is 7.72. The van der Waals surface area contributed by atoms with Crippen LogP contribution in [0.2, 0.25) is 0 Å². The van der Waals surface area contributed by atoms with Crippen molar-refractivity contribution in [3.63, 3.8) is 0 Å². The molecule has 3 heterocycles. The normalized spacial score (nSPS) is 20.7. The number of benzene rings is 1. The van der Waals surface area contributed by atoms with Crippen molar-refractivity contribution < 1.29 is 13.9 Å². The predicted molar refractivity (Wildman–Crippen MR) is 122 cm³/mol. The quantitative estimate of drug-likeness (QED) is 0.481. The summed E-state index contributed by atoms with van der Waals surface area (Å²) in [4.78, 5) is 23.5. The minimum absolute atomic E-state index is 0.00121. The number of likely N-dealkylation sites (tertiary alicyclic amines) is 1. The van der Waals surface area contributed by atoms with Crippen molar-refractivity contribution in [2.75, 3.05) is 51.3 Å². The van der Waals surface area contributed by atoms with Gasteiger partial charge in [0.2, 0.25) is 0 Å². The van der Waals surface area contributed by atoms with Crippen LogP contribution in [0.5, 0.6) is 0 Å². The summed E-state index contributed by atoms with van der Waals surface area (Å²) in [7, 11) is 1.70. The summed E-state index contributed by atoms with van der Waals surface area (Å²) in [5.74, 6) is 1.58. The number of piperidine rings is 1. The van der Waals surface area contributed by atoms with E-state index in [-0.39, 0.29) is 17.8 Å². The third kappa shape index (κ3) is 5.28. The van der Waals surface area contributed by atoms with Crippen molar-refractivity contribution in [2.45, 2.75) is 19.4 Å². The number of ether oxygens (including phenoxy) is 1. The van der Waals surface area contributed by atoms with Crippen LogP contribution in [0.1, 0.15) is 24.2 Å². The fourth-order valence-corrected chi connectivity index (χ4v) is 4.68. The van der Waals surface area contributed by atoms with E-state index in [1.165, 1.54) is 6.39 Å². The van der Waals surface area contributed by atoms with Gasteiger partial charge in [-0.25, -0.2) is 9.78 Å². The van der Waals surface area contributed by atoms with E-state index in [9.17, 15) is 4.79 Å². The van der Waals surface area contributed by atoms with Crippen molar-refractivity contribution in [2.24, 2.45) is 17.6 Å². The molecule has 2 fully saturated rings. The highest BCUT2D eigenvalue weighted by atomic mass is 16.5. The lowest BCUT2D eigenvalue weighted by molar-refractivity contribution is 0.0974. The number of amides is 2. The van der Waals surface area contributed by atoms with E-state index < -0.39 is 0 Å². The smallest absolute Gasteiger partial charge is 0.324 e. The number of nitrogen functional groups attached to an aromatic ring is 1. The lowest BCUT2D eigenvalue weighted by atomic mass is 9.95. The van der Waals surface area contributed by atoms with E-state index in [2.05, 4.69) is 9.88 Å². The van der Waals surface area contributed by atoms with Gasteiger partial charge in [0.1, 0.15) is 11.6 Å². The van der Waals surface area contributed by atoms with Crippen LogP contribution in [0, 0.1) is 17.2 Å². The van der Waals surface area contributed by atoms with Crippen LogP contribution in [-0.2, 0) is 11.3 Å². The van der Waals surface area contributed by atoms with E-state index in [0.717, 1.165) is 50.5 Å². The summed E-state index contributed by atoms with van der Waals surface area (Å²) >= 11 is 0. The Kier molecular flexibility index (Phi) is 7.06. The molecule has 9 heteroatoms. The highest BCUT2D eigenvalue weighted by Crippen LogP contribution is 2.27. The van der Waals surface area contributed by atoms with Crippen LogP contribution in [0.4, 0.5) is 10.5 Å². The SMILES string of the molecule is COCC1CN(CC2CCN(Cc3cnco3)CC2)C(=O)N(c2cccc(C(=N)N)c2)C1. The van der Waals surface area contributed by atoms with Gasteiger partial charge in [0, 0.05) is 43.9 Å². The van der Waals surface area contributed by atoms with Gasteiger partial charge >= 0.3 is 6.03 Å². The number of rotatable bonds is 8. The molecule has 1 aromatic carbocycles. The number of anilines is 1. The van der Waals surface area contributed by atoms with E-state index in [4.69, 9.17) is 20.3 Å². The summed E-state index contributed by atoms with van der Waals surface area (Å²) in [6.07, 6.45) is 5.34. The second-order valence-electron chi connectivity index (χ2n) is 8.77. The van der Waals surface area contributed by atoms with Crippen molar-refractivity contribution >= 4 is 17.6 Å². The third-order valence-corrected chi connectivity index (χ3v) is 6.34. The van der Waals surface area contributed by atoms with Gasteiger partial charge in [-0.3, -0.25) is 15.2 Å². The lowest BCUT2D eigenvalue weighted by Crippen LogP contribution is -2.56. The van der Waals surface area contributed by atoms with Crippen LogP contribution in [-0.4, -0.2) is 73.1 Å². The Morgan fingerprint density at radius 3 is 2.78 bits per heavy atom. The number of aromatic nitrogens is 1. The zero-order chi connectivity index (χ0) is 22.5.